The summed E-state index contributed by atoms with van der Waals surface area (Å²) >= 11 is 3.09. The second-order valence-corrected chi connectivity index (χ2v) is 4.19. The number of nitrogens with one attached hydrogen (secondary N) is 1. The molecule has 3 N–H and O–H groups in total. The molecule has 1 aromatic rings. The molecule has 8 heteroatoms. The van der Waals surface area contributed by atoms with E-state index in [4.69, 9.17) is 10.5 Å². The van der Waals surface area contributed by atoms with E-state index < -0.39 is 16.9 Å². The van der Waals surface area contributed by atoms with Crippen molar-refractivity contribution in [3.05, 3.63) is 32.8 Å². The third-order valence-corrected chi connectivity index (χ3v) is 3.03. The first-order valence-corrected chi connectivity index (χ1v) is 5.79. The lowest BCUT2D eigenvalue weighted by Crippen LogP contribution is -2.43. The van der Waals surface area contributed by atoms with E-state index in [1.165, 1.54) is 12.1 Å². The minimum absolute atomic E-state index is 0.00833. The van der Waals surface area contributed by atoms with Gasteiger partial charge >= 0.3 is 0 Å². The van der Waals surface area contributed by atoms with Crippen molar-refractivity contribution >= 4 is 27.5 Å². The largest absolute Gasteiger partial charge is 0.490 e. The number of nitrogens with two attached hydrogens (primary N) is 1. The average Bonchev–Trinajstić information content (AvgIpc) is 2.31. The van der Waals surface area contributed by atoms with E-state index in [1.54, 1.807) is 13.1 Å². The molecule has 98 valence electrons. The van der Waals surface area contributed by atoms with Gasteiger partial charge in [0, 0.05) is 6.07 Å². The third-order valence-electron chi connectivity index (χ3n) is 2.24. The molecule has 1 rings (SSSR count). The third kappa shape index (κ3) is 3.41. The maximum atomic E-state index is 11.0. The molecule has 0 bridgehead atoms. The molecule has 0 aliphatic carbocycles. The molecule has 0 fully saturated rings. The monoisotopic (exact) mass is 317 g/mol. The first-order chi connectivity index (χ1) is 8.47. The van der Waals surface area contributed by atoms with Gasteiger partial charge in [-0.1, -0.05) is 6.07 Å². The van der Waals surface area contributed by atoms with Gasteiger partial charge in [0.15, 0.2) is 0 Å². The van der Waals surface area contributed by atoms with Crippen LogP contribution in [-0.4, -0.2) is 30.5 Å². The number of nitrogens with zero attached hydrogens (tertiary/aromatic N) is 1. The number of likely N-dealkylation sites (N-methyl/N-ethyl adjacent to an activating group) is 1. The summed E-state index contributed by atoms with van der Waals surface area (Å²) in [4.78, 5) is 21.2. The number of nitro groups is 1. The van der Waals surface area contributed by atoms with Crippen molar-refractivity contribution in [2.75, 3.05) is 13.7 Å². The van der Waals surface area contributed by atoms with Gasteiger partial charge in [-0.15, -0.1) is 0 Å². The van der Waals surface area contributed by atoms with Crippen molar-refractivity contribution in [2.45, 2.75) is 6.04 Å². The van der Waals surface area contributed by atoms with Crippen LogP contribution in [0.15, 0.2) is 22.7 Å². The van der Waals surface area contributed by atoms with Crippen molar-refractivity contribution in [1.82, 2.24) is 5.32 Å². The molecule has 1 unspecified atom stereocenters. The number of primary amides is 1. The van der Waals surface area contributed by atoms with Crippen LogP contribution in [0.4, 0.5) is 5.69 Å². The highest BCUT2D eigenvalue weighted by atomic mass is 79.9. The molecule has 7 nitrogen and oxygen atoms in total. The summed E-state index contributed by atoms with van der Waals surface area (Å²) in [5.41, 5.74) is 5.02. The first kappa shape index (κ1) is 14.4. The molecule has 0 radical (unpaired) electrons. The lowest BCUT2D eigenvalue weighted by Gasteiger charge is -2.14. The number of ether oxygens (including phenoxy) is 1. The topological polar surface area (TPSA) is 107 Å². The van der Waals surface area contributed by atoms with Crippen LogP contribution in [-0.2, 0) is 4.79 Å². The molecule has 0 aliphatic rings. The fourth-order valence-corrected chi connectivity index (χ4v) is 1.76. The smallest absolute Gasteiger partial charge is 0.287 e. The molecule has 0 heterocycles. The summed E-state index contributed by atoms with van der Waals surface area (Å²) in [6.07, 6.45) is 0. The molecule has 0 spiro atoms. The van der Waals surface area contributed by atoms with Crippen LogP contribution in [0.1, 0.15) is 0 Å². The maximum Gasteiger partial charge on any atom is 0.287 e. The Balaban J connectivity index is 2.82. The van der Waals surface area contributed by atoms with E-state index in [-0.39, 0.29) is 22.5 Å². The normalized spacial score (nSPS) is 11.9. The van der Waals surface area contributed by atoms with Crippen LogP contribution < -0.4 is 15.8 Å². The van der Waals surface area contributed by atoms with Crippen molar-refractivity contribution in [3.8, 4) is 5.75 Å². The highest BCUT2D eigenvalue weighted by Crippen LogP contribution is 2.33. The molecule has 18 heavy (non-hydrogen) atoms. The van der Waals surface area contributed by atoms with Gasteiger partial charge in [0.05, 0.1) is 4.92 Å². The van der Waals surface area contributed by atoms with Crippen LogP contribution in [0.3, 0.4) is 0 Å². The number of rotatable bonds is 6. The number of halogens is 1. The van der Waals surface area contributed by atoms with E-state index in [2.05, 4.69) is 21.2 Å². The van der Waals surface area contributed by atoms with E-state index >= 15 is 0 Å². The van der Waals surface area contributed by atoms with E-state index in [0.29, 0.717) is 0 Å². The van der Waals surface area contributed by atoms with Crippen molar-refractivity contribution in [1.29, 1.82) is 0 Å². The predicted molar refractivity (Wildman–Crippen MR) is 68.3 cm³/mol. The summed E-state index contributed by atoms with van der Waals surface area (Å²) in [7, 11) is 1.57. The van der Waals surface area contributed by atoms with Crippen LogP contribution >= 0.6 is 15.9 Å². The Morgan fingerprint density at radius 3 is 2.83 bits per heavy atom. The second kappa shape index (κ2) is 6.31. The highest BCUT2D eigenvalue weighted by molar-refractivity contribution is 9.10. The Bertz CT molecular complexity index is 466. The number of amides is 1. The van der Waals surface area contributed by atoms with Gasteiger partial charge in [-0.2, -0.15) is 0 Å². The zero-order valence-corrected chi connectivity index (χ0v) is 11.1. The molecule has 0 aromatic heterocycles. The van der Waals surface area contributed by atoms with Crippen molar-refractivity contribution < 1.29 is 14.5 Å². The zero-order valence-electron chi connectivity index (χ0n) is 9.55. The predicted octanol–water partition coefficient (Wildman–Crippen LogP) is 0.809. The van der Waals surface area contributed by atoms with E-state index in [0.717, 1.165) is 0 Å². The summed E-state index contributed by atoms with van der Waals surface area (Å²) in [5.74, 6) is -0.273. The molecule has 1 aromatic carbocycles. The Labute approximate surface area is 112 Å². The minimum Gasteiger partial charge on any atom is -0.490 e. The van der Waals surface area contributed by atoms with Gasteiger partial charge in [-0.3, -0.25) is 14.9 Å². The summed E-state index contributed by atoms with van der Waals surface area (Å²) < 4.78 is 5.56. The minimum atomic E-state index is -0.656. The number of benzene rings is 1. The SMILES string of the molecule is CNC(COc1cccc([N+](=O)[O-])c1Br)C(N)=O. The lowest BCUT2D eigenvalue weighted by molar-refractivity contribution is -0.385. The van der Waals surface area contributed by atoms with Crippen LogP contribution in [0.2, 0.25) is 0 Å². The standard InChI is InChI=1S/C10H12BrN3O4/c1-13-6(10(12)15)5-18-8-4-2-3-7(9(8)11)14(16)17/h2-4,6,13H,5H2,1H3,(H2,12,15). The molecular weight excluding hydrogens is 306 g/mol. The Kier molecular flexibility index (Phi) is 5.05. The molecule has 0 aliphatic heterocycles. The van der Waals surface area contributed by atoms with Crippen LogP contribution in [0, 0.1) is 10.1 Å². The van der Waals surface area contributed by atoms with Crippen LogP contribution in [0.5, 0.6) is 5.75 Å². The van der Waals surface area contributed by atoms with Gasteiger partial charge in [0.25, 0.3) is 5.69 Å². The molecule has 0 saturated heterocycles. The molecule has 0 saturated carbocycles. The quantitative estimate of drug-likeness (QED) is 0.596. The number of nitro benzene ring substituents is 1. The molecule has 1 amide bonds. The Morgan fingerprint density at radius 1 is 1.67 bits per heavy atom. The zero-order chi connectivity index (χ0) is 13.7. The summed E-state index contributed by atoms with van der Waals surface area (Å²) in [5, 5.41) is 13.4. The van der Waals surface area contributed by atoms with E-state index in [1.807, 2.05) is 0 Å². The first-order valence-electron chi connectivity index (χ1n) is 4.99. The lowest BCUT2D eigenvalue weighted by atomic mass is 10.3. The highest BCUT2D eigenvalue weighted by Gasteiger charge is 2.18. The van der Waals surface area contributed by atoms with Crippen LogP contribution in [0.25, 0.3) is 0 Å². The number of carbonyl (C=O) groups is 1. The van der Waals surface area contributed by atoms with Gasteiger partial charge in [-0.25, -0.2) is 0 Å². The van der Waals surface area contributed by atoms with Gasteiger partial charge in [-0.05, 0) is 29.0 Å². The van der Waals surface area contributed by atoms with Crippen molar-refractivity contribution in [3.63, 3.8) is 0 Å². The Hall–Kier alpha value is -1.67. The molecule has 1 atom stereocenters. The fourth-order valence-electron chi connectivity index (χ4n) is 1.23. The van der Waals surface area contributed by atoms with Crippen molar-refractivity contribution in [2.24, 2.45) is 5.73 Å². The summed E-state index contributed by atoms with van der Waals surface area (Å²) in [6, 6.07) is 3.75. The fraction of sp³-hybridized carbons (Fsp3) is 0.300. The average molecular weight is 318 g/mol. The summed E-state index contributed by atoms with van der Waals surface area (Å²) in [6.45, 7) is -0.00833. The number of hydrogen-bond donors (Lipinski definition) is 2. The number of carbonyl (C=O) groups excluding carboxylic acids is 1. The van der Waals surface area contributed by atoms with Gasteiger partial charge in [0.1, 0.15) is 22.9 Å². The van der Waals surface area contributed by atoms with Gasteiger partial charge in [0.2, 0.25) is 5.91 Å². The van der Waals surface area contributed by atoms with E-state index in [9.17, 15) is 14.9 Å². The Morgan fingerprint density at radius 2 is 2.33 bits per heavy atom. The second-order valence-electron chi connectivity index (χ2n) is 3.40. The molecular formula is C10H12BrN3O4. The maximum absolute atomic E-state index is 11.0. The number of hydrogen-bond acceptors (Lipinski definition) is 5. The van der Waals surface area contributed by atoms with Gasteiger partial charge < -0.3 is 15.8 Å².